The van der Waals surface area contributed by atoms with E-state index in [-0.39, 0.29) is 12.1 Å². The fourth-order valence-corrected chi connectivity index (χ4v) is 9.29. The van der Waals surface area contributed by atoms with Gasteiger partial charge in [-0.3, -0.25) is 4.98 Å². The standard InChI is InChI=1S/C52H42BN5/c1-52(2,3)37-30-31-54-44(33-37)36-26-28-45-42(32-36)53-43-34-41(56-35-55(38-16-7-4-8-17-38)47-22-13-14-23-48(47)56)27-29-46(43)58(40-20-11-6-12-21-40)50-25-15-24-49(51(50)53)57(45)39-18-9-5-10-19-39/h4-34H,35H2,1-3H3. The monoisotopic (exact) mass is 747 g/mol. The Morgan fingerprint density at radius 1 is 0.448 bits per heavy atom. The summed E-state index contributed by atoms with van der Waals surface area (Å²) >= 11 is 0. The van der Waals surface area contributed by atoms with Gasteiger partial charge in [0, 0.05) is 51.7 Å². The van der Waals surface area contributed by atoms with Crippen LogP contribution >= 0.6 is 0 Å². The van der Waals surface area contributed by atoms with Crippen molar-refractivity contribution in [2.24, 2.45) is 0 Å². The Morgan fingerprint density at radius 2 is 0.966 bits per heavy atom. The molecule has 1 aromatic heterocycles. The van der Waals surface area contributed by atoms with Crippen LogP contribution < -0.4 is 36.0 Å². The van der Waals surface area contributed by atoms with Gasteiger partial charge in [0.15, 0.2) is 0 Å². The first kappa shape index (κ1) is 34.2. The molecule has 11 rings (SSSR count). The smallest absolute Gasteiger partial charge is 0.252 e. The van der Waals surface area contributed by atoms with Gasteiger partial charge < -0.3 is 19.6 Å². The first-order valence-corrected chi connectivity index (χ1v) is 20.2. The summed E-state index contributed by atoms with van der Waals surface area (Å²) in [6, 6.07) is 66.5. The second-order valence-electron chi connectivity index (χ2n) is 16.5. The van der Waals surface area contributed by atoms with E-state index in [1.807, 2.05) is 6.20 Å². The van der Waals surface area contributed by atoms with Crippen LogP contribution in [0.5, 0.6) is 0 Å². The number of aromatic nitrogens is 1. The number of pyridine rings is 1. The van der Waals surface area contributed by atoms with Crippen LogP contribution in [0.1, 0.15) is 26.3 Å². The van der Waals surface area contributed by atoms with Gasteiger partial charge in [0.1, 0.15) is 6.67 Å². The number of hydrogen-bond acceptors (Lipinski definition) is 5. The van der Waals surface area contributed by atoms with Crippen molar-refractivity contribution < 1.29 is 0 Å². The van der Waals surface area contributed by atoms with E-state index in [4.69, 9.17) is 4.98 Å². The fraction of sp³-hybridized carbons (Fsp3) is 0.0962. The van der Waals surface area contributed by atoms with Crippen LogP contribution in [-0.2, 0) is 5.41 Å². The lowest BCUT2D eigenvalue weighted by molar-refractivity contribution is 0.589. The SMILES string of the molecule is CC(C)(C)c1ccnc(-c2ccc3c(c2)B2c4cc(N5CN(c6ccccc6)c6ccccc65)ccc4N(c4ccccc4)c4cccc(c42)N3c2ccccc2)c1. The van der Waals surface area contributed by atoms with Gasteiger partial charge in [0.2, 0.25) is 0 Å². The number of para-hydroxylation sites is 5. The molecule has 0 saturated heterocycles. The van der Waals surface area contributed by atoms with Crippen LogP contribution in [0.4, 0.5) is 56.9 Å². The van der Waals surface area contributed by atoms with Crippen molar-refractivity contribution in [3.8, 4) is 11.3 Å². The molecule has 0 aliphatic carbocycles. The minimum atomic E-state index is -0.0371. The molecule has 0 N–H and O–H groups in total. The molecule has 3 aliphatic heterocycles. The van der Waals surface area contributed by atoms with Crippen molar-refractivity contribution in [3.63, 3.8) is 0 Å². The summed E-state index contributed by atoms with van der Waals surface area (Å²) in [5, 5.41) is 0. The normalized spacial score (nSPS) is 13.9. The molecule has 4 heterocycles. The predicted molar refractivity (Wildman–Crippen MR) is 244 cm³/mol. The topological polar surface area (TPSA) is 25.9 Å². The number of nitrogens with zero attached hydrogens (tertiary/aromatic N) is 5. The molecule has 0 fully saturated rings. The molecule has 8 aromatic rings. The van der Waals surface area contributed by atoms with Crippen LogP contribution in [0, 0.1) is 0 Å². The second kappa shape index (κ2) is 13.3. The highest BCUT2D eigenvalue weighted by molar-refractivity contribution is 7.00. The van der Waals surface area contributed by atoms with Gasteiger partial charge >= 0.3 is 0 Å². The second-order valence-corrected chi connectivity index (χ2v) is 16.5. The third-order valence-corrected chi connectivity index (χ3v) is 12.0. The molecular formula is C52H42BN5. The predicted octanol–water partition coefficient (Wildman–Crippen LogP) is 11.4. The van der Waals surface area contributed by atoms with Crippen LogP contribution in [0.2, 0.25) is 0 Å². The van der Waals surface area contributed by atoms with E-state index in [0.29, 0.717) is 0 Å². The molecule has 6 heteroatoms. The highest BCUT2D eigenvalue weighted by Crippen LogP contribution is 2.47. The summed E-state index contributed by atoms with van der Waals surface area (Å²) in [6.45, 7) is 7.48. The molecule has 58 heavy (non-hydrogen) atoms. The summed E-state index contributed by atoms with van der Waals surface area (Å²) in [5.74, 6) is 0. The van der Waals surface area contributed by atoms with Gasteiger partial charge in [-0.2, -0.15) is 0 Å². The third-order valence-electron chi connectivity index (χ3n) is 12.0. The summed E-state index contributed by atoms with van der Waals surface area (Å²) in [7, 11) is 0. The van der Waals surface area contributed by atoms with Gasteiger partial charge in [0.05, 0.1) is 17.1 Å². The van der Waals surface area contributed by atoms with Crippen molar-refractivity contribution >= 4 is 80.0 Å². The molecule has 0 bridgehead atoms. The molecule has 7 aromatic carbocycles. The van der Waals surface area contributed by atoms with Crippen molar-refractivity contribution in [3.05, 3.63) is 194 Å². The summed E-state index contributed by atoms with van der Waals surface area (Å²) in [5.41, 5.74) is 19.0. The van der Waals surface area contributed by atoms with E-state index >= 15 is 0 Å². The van der Waals surface area contributed by atoms with E-state index in [2.05, 4.69) is 222 Å². The Labute approximate surface area is 341 Å². The maximum absolute atomic E-state index is 4.96. The Bertz CT molecular complexity index is 2820. The van der Waals surface area contributed by atoms with Crippen molar-refractivity contribution in [2.45, 2.75) is 26.2 Å². The van der Waals surface area contributed by atoms with Gasteiger partial charge in [-0.1, -0.05) is 106 Å². The van der Waals surface area contributed by atoms with Gasteiger partial charge in [-0.15, -0.1) is 0 Å². The molecule has 0 atom stereocenters. The molecule has 5 nitrogen and oxygen atoms in total. The average molecular weight is 748 g/mol. The largest absolute Gasteiger partial charge is 0.321 e. The lowest BCUT2D eigenvalue weighted by Crippen LogP contribution is -2.61. The molecule has 278 valence electrons. The van der Waals surface area contributed by atoms with Gasteiger partial charge in [-0.05, 0) is 130 Å². The van der Waals surface area contributed by atoms with E-state index in [0.717, 1.165) is 29.3 Å². The van der Waals surface area contributed by atoms with Crippen molar-refractivity contribution in [2.75, 3.05) is 26.3 Å². The molecule has 0 saturated carbocycles. The van der Waals surface area contributed by atoms with Crippen molar-refractivity contribution in [1.29, 1.82) is 0 Å². The fourth-order valence-electron chi connectivity index (χ4n) is 9.29. The number of rotatable bonds is 5. The quantitative estimate of drug-likeness (QED) is 0.163. The lowest BCUT2D eigenvalue weighted by Gasteiger charge is -2.44. The number of hydrogen-bond donors (Lipinski definition) is 0. The lowest BCUT2D eigenvalue weighted by atomic mass is 9.33. The minimum Gasteiger partial charge on any atom is -0.321 e. The Hall–Kier alpha value is -7.05. The maximum atomic E-state index is 4.96. The number of benzene rings is 7. The first-order chi connectivity index (χ1) is 28.4. The summed E-state index contributed by atoms with van der Waals surface area (Å²) < 4.78 is 0. The zero-order valence-electron chi connectivity index (χ0n) is 32.9. The van der Waals surface area contributed by atoms with E-state index < -0.39 is 0 Å². The molecule has 0 radical (unpaired) electrons. The van der Waals surface area contributed by atoms with Crippen molar-refractivity contribution in [1.82, 2.24) is 4.98 Å². The minimum absolute atomic E-state index is 0.00768. The number of anilines is 10. The van der Waals surface area contributed by atoms with E-state index in [9.17, 15) is 0 Å². The van der Waals surface area contributed by atoms with Crippen LogP contribution in [-0.4, -0.2) is 18.4 Å². The van der Waals surface area contributed by atoms with Crippen LogP contribution in [0.15, 0.2) is 188 Å². The highest BCUT2D eigenvalue weighted by atomic mass is 15.4. The average Bonchev–Trinajstić information content (AvgIpc) is 3.66. The Kier molecular flexibility index (Phi) is 7.83. The molecular weight excluding hydrogens is 705 g/mol. The molecule has 0 unspecified atom stereocenters. The molecule has 0 spiro atoms. The maximum Gasteiger partial charge on any atom is 0.252 e. The Morgan fingerprint density at radius 3 is 1.57 bits per heavy atom. The van der Waals surface area contributed by atoms with E-state index in [1.54, 1.807) is 0 Å². The molecule has 3 aliphatic rings. The summed E-state index contributed by atoms with van der Waals surface area (Å²) in [4.78, 5) is 14.8. The van der Waals surface area contributed by atoms with Gasteiger partial charge in [0.25, 0.3) is 6.71 Å². The highest BCUT2D eigenvalue weighted by Gasteiger charge is 2.44. The number of fused-ring (bicyclic) bond motifs is 5. The van der Waals surface area contributed by atoms with E-state index in [1.165, 1.54) is 67.5 Å². The van der Waals surface area contributed by atoms with Crippen LogP contribution in [0.25, 0.3) is 11.3 Å². The van der Waals surface area contributed by atoms with Gasteiger partial charge in [-0.25, -0.2) is 0 Å². The molecule has 0 amide bonds. The zero-order valence-corrected chi connectivity index (χ0v) is 32.9. The van der Waals surface area contributed by atoms with Crippen LogP contribution in [0.3, 0.4) is 0 Å². The summed E-state index contributed by atoms with van der Waals surface area (Å²) in [6.07, 6.45) is 1.96. The Balaban J connectivity index is 1.16. The first-order valence-electron chi connectivity index (χ1n) is 20.2. The zero-order chi connectivity index (χ0) is 39.0. The third kappa shape index (κ3) is 5.43.